The quantitative estimate of drug-likeness (QED) is 0.670. The Morgan fingerprint density at radius 3 is 2.67 bits per heavy atom. The van der Waals surface area contributed by atoms with Crippen LogP contribution in [-0.2, 0) is 4.79 Å². The Hall–Kier alpha value is -1.18. The first-order valence-electron chi connectivity index (χ1n) is 9.32. The lowest BCUT2D eigenvalue weighted by molar-refractivity contribution is -0.125. The van der Waals surface area contributed by atoms with Crippen LogP contribution in [-0.4, -0.2) is 27.7 Å². The zero-order chi connectivity index (χ0) is 17.3. The van der Waals surface area contributed by atoms with E-state index in [1.165, 1.54) is 5.57 Å². The molecule has 0 spiro atoms. The number of rotatable bonds is 0. The lowest BCUT2D eigenvalue weighted by Gasteiger charge is -2.58. The molecule has 0 saturated heterocycles. The number of fused-ring (bicyclic) bond motifs is 5. The minimum atomic E-state index is -1.62. The predicted molar refractivity (Wildman–Crippen MR) is 88.7 cm³/mol. The van der Waals surface area contributed by atoms with Gasteiger partial charge < -0.3 is 10.2 Å². The maximum atomic E-state index is 11.8. The van der Waals surface area contributed by atoms with Crippen LogP contribution < -0.4 is 0 Å². The Kier molecular flexibility index (Phi) is 3.34. The number of ketones is 1. The monoisotopic (exact) mass is 329 g/mol. The van der Waals surface area contributed by atoms with E-state index >= 15 is 0 Å². The fourth-order valence-corrected chi connectivity index (χ4v) is 6.78. The fourth-order valence-electron chi connectivity index (χ4n) is 6.78. The molecule has 3 saturated carbocycles. The Labute approximate surface area is 143 Å². The summed E-state index contributed by atoms with van der Waals surface area (Å²) in [5.74, 6) is 1.37. The van der Waals surface area contributed by atoms with E-state index in [-0.39, 0.29) is 17.1 Å². The summed E-state index contributed by atoms with van der Waals surface area (Å²) in [5.41, 5.74) is -0.749. The molecule has 0 aliphatic heterocycles. The molecule has 4 heteroatoms. The van der Waals surface area contributed by atoms with Crippen molar-refractivity contribution in [2.24, 2.45) is 28.6 Å². The largest absolute Gasteiger partial charge is 0.389 e. The van der Waals surface area contributed by atoms with Gasteiger partial charge in [0.2, 0.25) is 0 Å². The normalized spacial score (nSPS) is 53.5. The van der Waals surface area contributed by atoms with Gasteiger partial charge in [-0.1, -0.05) is 19.4 Å². The van der Waals surface area contributed by atoms with Crippen LogP contribution in [0.2, 0.25) is 0 Å². The molecule has 0 amide bonds. The van der Waals surface area contributed by atoms with Gasteiger partial charge in [-0.2, -0.15) is 5.26 Å². The molecule has 0 aromatic carbocycles. The molecule has 0 aromatic heterocycles. The van der Waals surface area contributed by atoms with Crippen LogP contribution in [0, 0.1) is 39.9 Å². The lowest BCUT2D eigenvalue weighted by atomic mass is 9.46. The van der Waals surface area contributed by atoms with Gasteiger partial charge in [0.1, 0.15) is 6.07 Å². The van der Waals surface area contributed by atoms with Crippen molar-refractivity contribution in [3.8, 4) is 6.07 Å². The molecular formula is C20H27NO3. The Morgan fingerprint density at radius 2 is 1.96 bits per heavy atom. The number of allylic oxidation sites excluding steroid dienone is 1. The number of nitrogens with zero attached hydrogens (tertiary/aromatic N) is 1. The van der Waals surface area contributed by atoms with Crippen LogP contribution in [0.1, 0.15) is 58.8 Å². The number of carbonyl (C=O) groups is 1. The van der Waals surface area contributed by atoms with Gasteiger partial charge in [-0.25, -0.2) is 0 Å². The van der Waals surface area contributed by atoms with E-state index in [0.717, 1.165) is 32.1 Å². The smallest absolute Gasteiger partial charge is 0.182 e. The van der Waals surface area contributed by atoms with Crippen molar-refractivity contribution in [1.29, 1.82) is 5.26 Å². The number of aliphatic hydroxyl groups excluding tert-OH is 1. The summed E-state index contributed by atoms with van der Waals surface area (Å²) >= 11 is 0. The van der Waals surface area contributed by atoms with Gasteiger partial charge >= 0.3 is 0 Å². The maximum Gasteiger partial charge on any atom is 0.182 e. The number of aliphatic hydroxyl groups is 2. The molecule has 0 bridgehead atoms. The Balaban J connectivity index is 1.72. The van der Waals surface area contributed by atoms with Gasteiger partial charge in [0.15, 0.2) is 11.4 Å². The third-order valence-corrected chi connectivity index (χ3v) is 8.35. The SMILES string of the molecule is C[C@]12CCC(=O)C=C1CC[C@@H]1[C@@H]2CC[C@@]2(C)[C@H]1C[C@@H](O)[C@]2(O)C#N. The van der Waals surface area contributed by atoms with Crippen molar-refractivity contribution in [2.45, 2.75) is 70.5 Å². The molecule has 0 aromatic rings. The van der Waals surface area contributed by atoms with Gasteiger partial charge in [0, 0.05) is 11.8 Å². The van der Waals surface area contributed by atoms with Crippen molar-refractivity contribution in [3.63, 3.8) is 0 Å². The zero-order valence-electron chi connectivity index (χ0n) is 14.6. The van der Waals surface area contributed by atoms with E-state index in [0.29, 0.717) is 24.7 Å². The summed E-state index contributed by atoms with van der Waals surface area (Å²) in [4.78, 5) is 11.8. The minimum Gasteiger partial charge on any atom is -0.389 e. The van der Waals surface area contributed by atoms with Crippen molar-refractivity contribution in [2.75, 3.05) is 0 Å². The molecule has 4 rings (SSSR count). The lowest BCUT2D eigenvalue weighted by Crippen LogP contribution is -2.56. The summed E-state index contributed by atoms with van der Waals surface area (Å²) in [6, 6.07) is 2.05. The highest BCUT2D eigenvalue weighted by Crippen LogP contribution is 2.67. The minimum absolute atomic E-state index is 0.0798. The molecule has 7 atom stereocenters. The second kappa shape index (κ2) is 4.93. The standard InChI is InChI=1S/C20H27NO3/c1-18-7-5-13(22)9-12(18)3-4-14-15(18)6-8-19(2)16(14)10-17(23)20(19,24)11-21/h9,14-17,23-24H,3-8,10H2,1-2H3/t14-,15+,16+,17-,18+,19+,20-/m1/s1. The van der Waals surface area contributed by atoms with Gasteiger partial charge in [-0.15, -0.1) is 0 Å². The maximum absolute atomic E-state index is 11.8. The molecule has 2 N–H and O–H groups in total. The first-order valence-corrected chi connectivity index (χ1v) is 9.32. The first-order chi connectivity index (χ1) is 11.3. The van der Waals surface area contributed by atoms with Crippen LogP contribution >= 0.6 is 0 Å². The summed E-state index contributed by atoms with van der Waals surface area (Å²) in [6.45, 7) is 4.32. The van der Waals surface area contributed by atoms with Crippen LogP contribution in [0.5, 0.6) is 0 Å². The van der Waals surface area contributed by atoms with Crippen LogP contribution in [0.3, 0.4) is 0 Å². The molecule has 0 heterocycles. The van der Waals surface area contributed by atoms with E-state index in [4.69, 9.17) is 0 Å². The first kappa shape index (κ1) is 16.3. The number of nitriles is 1. The second-order valence-corrected chi connectivity index (χ2v) is 9.05. The highest BCUT2D eigenvalue weighted by molar-refractivity contribution is 5.91. The highest BCUT2D eigenvalue weighted by Gasteiger charge is 2.67. The van der Waals surface area contributed by atoms with Crippen LogP contribution in [0.25, 0.3) is 0 Å². The predicted octanol–water partition coefficient (Wildman–Crippen LogP) is 2.74. The van der Waals surface area contributed by atoms with Crippen molar-refractivity contribution in [1.82, 2.24) is 0 Å². The third kappa shape index (κ3) is 1.78. The third-order valence-electron chi connectivity index (χ3n) is 8.35. The van der Waals surface area contributed by atoms with E-state index in [9.17, 15) is 20.3 Å². The molecule has 4 nitrogen and oxygen atoms in total. The molecule has 0 unspecified atom stereocenters. The number of carbonyl (C=O) groups excluding carboxylic acids is 1. The van der Waals surface area contributed by atoms with Crippen LogP contribution in [0.4, 0.5) is 0 Å². The summed E-state index contributed by atoms with van der Waals surface area (Å²) in [7, 11) is 0. The fraction of sp³-hybridized carbons (Fsp3) is 0.800. The molecule has 4 aliphatic rings. The zero-order valence-corrected chi connectivity index (χ0v) is 14.6. The van der Waals surface area contributed by atoms with Gasteiger partial charge in [-0.05, 0) is 67.8 Å². The molecule has 130 valence electrons. The summed E-state index contributed by atoms with van der Waals surface area (Å²) < 4.78 is 0. The van der Waals surface area contributed by atoms with Crippen molar-refractivity contribution < 1.29 is 15.0 Å². The number of hydrogen-bond donors (Lipinski definition) is 2. The second-order valence-electron chi connectivity index (χ2n) is 9.05. The van der Waals surface area contributed by atoms with E-state index in [1.54, 1.807) is 0 Å². The molecule has 0 radical (unpaired) electrons. The summed E-state index contributed by atoms with van der Waals surface area (Å²) in [6.07, 6.45) is 6.72. The van der Waals surface area contributed by atoms with Gasteiger partial charge in [-0.3, -0.25) is 4.79 Å². The highest BCUT2D eigenvalue weighted by atomic mass is 16.3. The molecule has 24 heavy (non-hydrogen) atoms. The van der Waals surface area contributed by atoms with Crippen LogP contribution in [0.15, 0.2) is 11.6 Å². The van der Waals surface area contributed by atoms with Gasteiger partial charge in [0.25, 0.3) is 0 Å². The van der Waals surface area contributed by atoms with Gasteiger partial charge in [0.05, 0.1) is 6.10 Å². The van der Waals surface area contributed by atoms with Crippen molar-refractivity contribution in [3.05, 3.63) is 11.6 Å². The Morgan fingerprint density at radius 1 is 1.21 bits per heavy atom. The molecule has 4 aliphatic carbocycles. The average Bonchev–Trinajstić information content (AvgIpc) is 2.76. The average molecular weight is 329 g/mol. The molecule has 3 fully saturated rings. The van der Waals surface area contributed by atoms with Crippen molar-refractivity contribution >= 4 is 5.78 Å². The van der Waals surface area contributed by atoms with E-state index < -0.39 is 17.1 Å². The molecular weight excluding hydrogens is 302 g/mol. The Bertz CT molecular complexity index is 664. The van der Waals surface area contributed by atoms with E-state index in [2.05, 4.69) is 6.92 Å². The topological polar surface area (TPSA) is 81.3 Å². The van der Waals surface area contributed by atoms with E-state index in [1.807, 2.05) is 19.1 Å². The number of hydrogen-bond acceptors (Lipinski definition) is 4. The summed E-state index contributed by atoms with van der Waals surface area (Å²) in [5, 5.41) is 30.9.